The molecule has 4 aromatic carbocycles. The number of hydrogen-bond donors (Lipinski definition) is 6. The molecule has 8 aromatic rings. The lowest BCUT2D eigenvalue weighted by Crippen LogP contribution is -2.33. The smallest absolute Gasteiger partial charge is 0.261 e. The van der Waals surface area contributed by atoms with Crippen molar-refractivity contribution >= 4 is 45.0 Å². The molecule has 10 rings (SSSR count). The fourth-order valence-corrected chi connectivity index (χ4v) is 9.55. The Morgan fingerprint density at radius 3 is 1.53 bits per heavy atom. The van der Waals surface area contributed by atoms with Gasteiger partial charge in [-0.3, -0.25) is 29.0 Å². The zero-order valence-corrected chi connectivity index (χ0v) is 39.8. The molecule has 17 heteroatoms. The third-order valence-electron chi connectivity index (χ3n) is 13.2. The van der Waals surface area contributed by atoms with Gasteiger partial charge < -0.3 is 30.6 Å². The molecule has 0 spiro atoms. The standard InChI is InChI=1S/C27H28FN5O2.C26H25F2N5O2/c1-14-5-6-18(28)10-16(14)9-15(2)30-20-7-8-29-27(35)24(20)26-31-21-11-17-12-23(33(3)4)25(34)19(17)13-22(21)32-26;1-13(8-15-9-16(27)4-5-18(15)28)30-19-6-7-29-26(35)23(19)25-31-20-10-14-11-22(33(2)3)24(34)17(14)12-21(20)32-25/h5-8,10-11,13,15,23H,9,12H2,1-4H3,(H,31,32)(H2,29,30,35);4-7,9-10,12-13,22H,8,11H2,1-3H3,(H,31,32)(H2,29,30,35). The quantitative estimate of drug-likeness (QED) is 0.0701. The number of likely N-dealkylation sites (N-methyl/N-ethyl adjacent to an activating group) is 2. The Labute approximate surface area is 400 Å². The first kappa shape index (κ1) is 47.4. The summed E-state index contributed by atoms with van der Waals surface area (Å²) in [5.41, 5.74) is 9.39. The van der Waals surface area contributed by atoms with E-state index in [1.165, 1.54) is 18.3 Å². The number of carbonyl (C=O) groups excluding carboxylic acids is 2. The molecule has 4 atom stereocenters. The summed E-state index contributed by atoms with van der Waals surface area (Å²) in [5, 5.41) is 6.63. The number of anilines is 2. The maximum Gasteiger partial charge on any atom is 0.261 e. The number of nitrogens with zero attached hydrogens (tertiary/aromatic N) is 4. The number of H-pyrrole nitrogens is 4. The van der Waals surface area contributed by atoms with Crippen LogP contribution < -0.4 is 21.8 Å². The molecule has 6 N–H and O–H groups in total. The number of hydrogen-bond acceptors (Lipinski definition) is 10. The minimum absolute atomic E-state index is 0.0646. The molecular formula is C53H53F3N10O4. The molecule has 4 heterocycles. The number of pyridine rings is 2. The highest BCUT2D eigenvalue weighted by atomic mass is 19.1. The second kappa shape index (κ2) is 19.0. The number of halogens is 3. The average molecular weight is 951 g/mol. The number of nitrogens with one attached hydrogen (secondary N) is 6. The molecule has 360 valence electrons. The first-order valence-corrected chi connectivity index (χ1v) is 23.0. The summed E-state index contributed by atoms with van der Waals surface area (Å²) in [6.07, 6.45) is 5.20. The Morgan fingerprint density at radius 1 is 0.614 bits per heavy atom. The van der Waals surface area contributed by atoms with Gasteiger partial charge in [0.25, 0.3) is 11.1 Å². The lowest BCUT2D eigenvalue weighted by Gasteiger charge is -2.18. The number of fused-ring (bicyclic) bond motifs is 4. The number of aromatic nitrogens is 6. The van der Waals surface area contributed by atoms with Crippen molar-refractivity contribution in [3.8, 4) is 22.8 Å². The summed E-state index contributed by atoms with van der Waals surface area (Å²) in [5.74, 6) is -0.308. The van der Waals surface area contributed by atoms with Crippen LogP contribution in [0.15, 0.2) is 94.8 Å². The molecule has 14 nitrogen and oxygen atoms in total. The van der Waals surface area contributed by atoms with Gasteiger partial charge in [0.15, 0.2) is 11.6 Å². The van der Waals surface area contributed by atoms with E-state index < -0.39 is 11.6 Å². The Balaban J connectivity index is 0.000000174. The summed E-state index contributed by atoms with van der Waals surface area (Å²) in [6, 6.07) is 18.4. The van der Waals surface area contributed by atoms with Gasteiger partial charge in [-0.15, -0.1) is 0 Å². The van der Waals surface area contributed by atoms with Crippen molar-refractivity contribution in [3.63, 3.8) is 0 Å². The first-order valence-electron chi connectivity index (χ1n) is 23.0. The molecule has 4 unspecified atom stereocenters. The summed E-state index contributed by atoms with van der Waals surface area (Å²) in [6.45, 7) is 5.77. The van der Waals surface area contributed by atoms with Gasteiger partial charge in [0.2, 0.25) is 0 Å². The zero-order chi connectivity index (χ0) is 49.7. The van der Waals surface area contributed by atoms with Gasteiger partial charge in [0, 0.05) is 35.6 Å². The van der Waals surface area contributed by atoms with Crippen LogP contribution >= 0.6 is 0 Å². The summed E-state index contributed by atoms with van der Waals surface area (Å²) >= 11 is 0. The highest BCUT2D eigenvalue weighted by molar-refractivity contribution is 6.08. The Kier molecular flexibility index (Phi) is 12.9. The minimum Gasteiger partial charge on any atom is -0.381 e. The predicted octanol–water partition coefficient (Wildman–Crippen LogP) is 7.99. The molecule has 70 heavy (non-hydrogen) atoms. The molecule has 2 aliphatic carbocycles. The number of aromatic amines is 4. The SMILES string of the molecule is CC(Cc1cc(F)ccc1F)Nc1cc[nH]c(=O)c1-c1nc2cc3c(cc2[nH]1)CC(N(C)C)C3=O.Cc1ccc(F)cc1CC(C)Nc1cc[nH]c(=O)c1-c1nc2cc3c(cc2[nH]1)CC(N(C)C)C3=O. The summed E-state index contributed by atoms with van der Waals surface area (Å²) < 4.78 is 41.4. The van der Waals surface area contributed by atoms with Crippen molar-refractivity contribution in [1.82, 2.24) is 39.7 Å². The fourth-order valence-electron chi connectivity index (χ4n) is 9.55. The zero-order valence-electron chi connectivity index (χ0n) is 39.8. The van der Waals surface area contributed by atoms with Gasteiger partial charge in [-0.1, -0.05) is 6.07 Å². The van der Waals surface area contributed by atoms with Gasteiger partial charge >= 0.3 is 0 Å². The average Bonchev–Trinajstić information content (AvgIpc) is 4.07. The van der Waals surface area contributed by atoms with Crippen molar-refractivity contribution in [1.29, 1.82) is 0 Å². The molecule has 4 aromatic heterocycles. The van der Waals surface area contributed by atoms with E-state index in [1.54, 1.807) is 36.5 Å². The number of aryl methyl sites for hydroxylation is 1. The lowest BCUT2D eigenvalue weighted by molar-refractivity contribution is 0.0889. The summed E-state index contributed by atoms with van der Waals surface area (Å²) in [7, 11) is 7.58. The molecule has 0 bridgehead atoms. The van der Waals surface area contributed by atoms with E-state index in [2.05, 4.69) is 40.5 Å². The molecule has 2 aliphatic rings. The van der Waals surface area contributed by atoms with E-state index in [1.807, 2.05) is 77.0 Å². The van der Waals surface area contributed by atoms with E-state index >= 15 is 0 Å². The molecule has 0 amide bonds. The first-order chi connectivity index (χ1) is 33.4. The minimum atomic E-state index is -0.505. The van der Waals surface area contributed by atoms with E-state index in [9.17, 15) is 32.3 Å². The molecule has 0 saturated carbocycles. The van der Waals surface area contributed by atoms with E-state index in [4.69, 9.17) is 0 Å². The largest absolute Gasteiger partial charge is 0.381 e. The van der Waals surface area contributed by atoms with Crippen LogP contribution in [0.5, 0.6) is 0 Å². The second-order valence-electron chi connectivity index (χ2n) is 18.8. The van der Waals surface area contributed by atoms with E-state index in [0.29, 0.717) is 75.6 Å². The van der Waals surface area contributed by atoms with Gasteiger partial charge in [-0.2, -0.15) is 0 Å². The molecule has 0 aliphatic heterocycles. The summed E-state index contributed by atoms with van der Waals surface area (Å²) in [4.78, 5) is 76.3. The van der Waals surface area contributed by atoms with Crippen LogP contribution in [0, 0.1) is 24.4 Å². The number of rotatable bonds is 12. The van der Waals surface area contributed by atoms with E-state index in [-0.39, 0.29) is 64.7 Å². The van der Waals surface area contributed by atoms with Crippen molar-refractivity contribution in [3.05, 3.63) is 162 Å². The van der Waals surface area contributed by atoms with Crippen LogP contribution in [0.1, 0.15) is 62.4 Å². The van der Waals surface area contributed by atoms with Crippen LogP contribution in [0.2, 0.25) is 0 Å². The molecule has 0 saturated heterocycles. The maximum absolute atomic E-state index is 14.1. The Bertz CT molecular complexity index is 3240. The molecule has 0 fully saturated rings. The van der Waals surface area contributed by atoms with Gasteiger partial charge in [0.1, 0.15) is 40.2 Å². The Hall–Kier alpha value is -7.63. The highest BCUT2D eigenvalue weighted by Gasteiger charge is 2.34. The lowest BCUT2D eigenvalue weighted by atomic mass is 10.0. The van der Waals surface area contributed by atoms with Gasteiger partial charge in [-0.05, 0) is 169 Å². The third-order valence-corrected chi connectivity index (χ3v) is 13.2. The van der Waals surface area contributed by atoms with Crippen LogP contribution in [0.3, 0.4) is 0 Å². The second-order valence-corrected chi connectivity index (χ2v) is 18.8. The highest BCUT2D eigenvalue weighted by Crippen LogP contribution is 2.33. The number of Topliss-reactive ketones (excluding diaryl/α,β-unsaturated/α-hetero) is 2. The van der Waals surface area contributed by atoms with Crippen LogP contribution in [0.4, 0.5) is 24.5 Å². The van der Waals surface area contributed by atoms with E-state index in [0.717, 1.165) is 45.4 Å². The fraction of sp³-hybridized carbons (Fsp3) is 0.283. The number of carbonyl (C=O) groups is 2. The van der Waals surface area contributed by atoms with Crippen LogP contribution in [-0.2, 0) is 25.7 Å². The number of imidazole rings is 2. The number of ketones is 2. The predicted molar refractivity (Wildman–Crippen MR) is 266 cm³/mol. The normalized spacial score (nSPS) is 16.2. The van der Waals surface area contributed by atoms with Crippen molar-refractivity contribution in [2.24, 2.45) is 0 Å². The molecule has 0 radical (unpaired) electrons. The maximum atomic E-state index is 14.1. The third kappa shape index (κ3) is 9.41. The topological polar surface area (TPSA) is 188 Å². The molecular weight excluding hydrogens is 898 g/mol. The van der Waals surface area contributed by atoms with Crippen molar-refractivity contribution in [2.75, 3.05) is 38.8 Å². The number of benzene rings is 4. The van der Waals surface area contributed by atoms with Crippen LogP contribution in [0.25, 0.3) is 44.8 Å². The van der Waals surface area contributed by atoms with Crippen molar-refractivity contribution in [2.45, 2.75) is 70.6 Å². The van der Waals surface area contributed by atoms with Crippen LogP contribution in [-0.4, -0.2) is 104 Å². The van der Waals surface area contributed by atoms with Gasteiger partial charge in [-0.25, -0.2) is 23.1 Å². The van der Waals surface area contributed by atoms with Crippen molar-refractivity contribution < 1.29 is 22.8 Å². The Morgan fingerprint density at radius 2 is 1.06 bits per heavy atom. The monoisotopic (exact) mass is 950 g/mol. The van der Waals surface area contributed by atoms with Gasteiger partial charge in [0.05, 0.1) is 45.5 Å².